The second-order valence-corrected chi connectivity index (χ2v) is 6.31. The Kier molecular flexibility index (Phi) is 4.05. The summed E-state index contributed by atoms with van der Waals surface area (Å²) in [6.45, 7) is 1.61. The first-order valence-corrected chi connectivity index (χ1v) is 7.93. The molecule has 2 aromatic carbocycles. The van der Waals surface area contributed by atoms with E-state index in [2.05, 4.69) is 46.9 Å². The number of hydrogen-bond acceptors (Lipinski definition) is 1. The van der Waals surface area contributed by atoms with Crippen molar-refractivity contribution in [1.29, 1.82) is 0 Å². The Morgan fingerprint density at radius 1 is 0.900 bits per heavy atom. The van der Waals surface area contributed by atoms with E-state index in [1.165, 1.54) is 11.1 Å². The van der Waals surface area contributed by atoms with E-state index in [1.54, 1.807) is 0 Å². The molecule has 0 bridgehead atoms. The van der Waals surface area contributed by atoms with Crippen LogP contribution < -0.4 is 0 Å². The first-order chi connectivity index (χ1) is 9.74. The highest BCUT2D eigenvalue weighted by molar-refractivity contribution is 14.1. The fraction of sp³-hybridized carbons (Fsp3) is 0.235. The molecule has 0 unspecified atom stereocenters. The minimum absolute atomic E-state index is 0.147. The van der Waals surface area contributed by atoms with Crippen molar-refractivity contribution in [2.45, 2.75) is 12.8 Å². The van der Waals surface area contributed by atoms with Gasteiger partial charge >= 0.3 is 0 Å². The maximum absolute atomic E-state index is 12.5. The Hall–Kier alpha value is -1.36. The molecule has 0 aromatic heterocycles. The molecule has 102 valence electrons. The zero-order chi connectivity index (χ0) is 13.9. The number of hydrogen-bond donors (Lipinski definition) is 0. The highest BCUT2D eigenvalue weighted by Crippen LogP contribution is 2.17. The summed E-state index contributed by atoms with van der Waals surface area (Å²) in [4.78, 5) is 14.5. The van der Waals surface area contributed by atoms with Gasteiger partial charge in [-0.2, -0.15) is 0 Å². The number of benzene rings is 2. The third-order valence-electron chi connectivity index (χ3n) is 3.80. The van der Waals surface area contributed by atoms with Crippen LogP contribution in [0, 0.1) is 3.57 Å². The van der Waals surface area contributed by atoms with Gasteiger partial charge in [-0.25, -0.2) is 0 Å². The van der Waals surface area contributed by atoms with Gasteiger partial charge in [-0.3, -0.25) is 4.79 Å². The number of carbonyl (C=O) groups excluding carboxylic acids is 1. The quantitative estimate of drug-likeness (QED) is 0.697. The molecule has 20 heavy (non-hydrogen) atoms. The Morgan fingerprint density at radius 3 is 2.00 bits per heavy atom. The number of carbonyl (C=O) groups is 1. The molecular formula is C17H16INO. The van der Waals surface area contributed by atoms with Crippen molar-refractivity contribution >= 4 is 28.5 Å². The normalized spacial score (nSPS) is 14.6. The van der Waals surface area contributed by atoms with Gasteiger partial charge in [-0.1, -0.05) is 24.3 Å². The van der Waals surface area contributed by atoms with Crippen LogP contribution in [0.2, 0.25) is 0 Å². The van der Waals surface area contributed by atoms with Crippen molar-refractivity contribution in [2.24, 2.45) is 0 Å². The van der Waals surface area contributed by atoms with Crippen molar-refractivity contribution in [1.82, 2.24) is 4.90 Å². The first-order valence-electron chi connectivity index (χ1n) is 6.85. The number of halogens is 1. The SMILES string of the molecule is O=C(c1ccc(I)cc1)N1CCc2ccccc2CC1. The van der Waals surface area contributed by atoms with Crippen molar-refractivity contribution in [3.05, 3.63) is 68.8 Å². The smallest absolute Gasteiger partial charge is 0.253 e. The molecule has 1 aliphatic heterocycles. The number of fused-ring (bicyclic) bond motifs is 1. The summed E-state index contributed by atoms with van der Waals surface area (Å²) in [5.74, 6) is 0.147. The van der Waals surface area contributed by atoms with Gasteiger partial charge in [0.1, 0.15) is 0 Å². The Balaban J connectivity index is 1.76. The van der Waals surface area contributed by atoms with Crippen molar-refractivity contribution in [2.75, 3.05) is 13.1 Å². The molecule has 0 N–H and O–H groups in total. The van der Waals surface area contributed by atoms with E-state index in [9.17, 15) is 4.79 Å². The minimum atomic E-state index is 0.147. The topological polar surface area (TPSA) is 20.3 Å². The molecule has 2 nitrogen and oxygen atoms in total. The molecule has 0 fully saturated rings. The first kappa shape index (κ1) is 13.6. The minimum Gasteiger partial charge on any atom is -0.338 e. The van der Waals surface area contributed by atoms with Crippen LogP contribution in [-0.4, -0.2) is 23.9 Å². The largest absolute Gasteiger partial charge is 0.338 e. The van der Waals surface area contributed by atoms with Crippen LogP contribution in [0.5, 0.6) is 0 Å². The molecule has 3 rings (SSSR count). The van der Waals surface area contributed by atoms with Gasteiger partial charge in [0.05, 0.1) is 0 Å². The molecule has 0 aliphatic carbocycles. The van der Waals surface area contributed by atoms with E-state index in [4.69, 9.17) is 0 Å². The summed E-state index contributed by atoms with van der Waals surface area (Å²) in [5, 5.41) is 0. The van der Waals surface area contributed by atoms with Crippen LogP contribution >= 0.6 is 22.6 Å². The maximum atomic E-state index is 12.5. The summed E-state index contributed by atoms with van der Waals surface area (Å²) in [7, 11) is 0. The fourth-order valence-corrected chi connectivity index (χ4v) is 3.01. The second kappa shape index (κ2) is 5.95. The monoisotopic (exact) mass is 377 g/mol. The Morgan fingerprint density at radius 2 is 1.45 bits per heavy atom. The predicted molar refractivity (Wildman–Crippen MR) is 88.9 cm³/mol. The van der Waals surface area contributed by atoms with Crippen LogP contribution in [0.3, 0.4) is 0 Å². The average molecular weight is 377 g/mol. The van der Waals surface area contributed by atoms with Crippen LogP contribution in [0.1, 0.15) is 21.5 Å². The van der Waals surface area contributed by atoms with Crippen LogP contribution in [0.4, 0.5) is 0 Å². The molecule has 0 saturated heterocycles. The molecule has 0 spiro atoms. The summed E-state index contributed by atoms with van der Waals surface area (Å²) < 4.78 is 1.16. The molecule has 1 heterocycles. The van der Waals surface area contributed by atoms with Gasteiger partial charge in [-0.05, 0) is 70.8 Å². The zero-order valence-corrected chi connectivity index (χ0v) is 13.3. The molecule has 0 saturated carbocycles. The van der Waals surface area contributed by atoms with E-state index >= 15 is 0 Å². The van der Waals surface area contributed by atoms with E-state index in [1.807, 2.05) is 29.2 Å². The van der Waals surface area contributed by atoms with Crippen molar-refractivity contribution in [3.8, 4) is 0 Å². The molecule has 1 aliphatic rings. The lowest BCUT2D eigenvalue weighted by Crippen LogP contribution is -2.33. The van der Waals surface area contributed by atoms with E-state index in [0.29, 0.717) is 0 Å². The lowest BCUT2D eigenvalue weighted by Gasteiger charge is -2.20. The van der Waals surface area contributed by atoms with Crippen LogP contribution in [0.15, 0.2) is 48.5 Å². The van der Waals surface area contributed by atoms with Gasteiger partial charge in [-0.15, -0.1) is 0 Å². The van der Waals surface area contributed by atoms with E-state index in [-0.39, 0.29) is 5.91 Å². The molecule has 0 atom stereocenters. The van der Waals surface area contributed by atoms with Crippen LogP contribution in [0.25, 0.3) is 0 Å². The zero-order valence-electron chi connectivity index (χ0n) is 11.2. The van der Waals surface area contributed by atoms with Gasteiger partial charge in [0.2, 0.25) is 0 Å². The third-order valence-corrected chi connectivity index (χ3v) is 4.52. The van der Waals surface area contributed by atoms with Gasteiger partial charge < -0.3 is 4.90 Å². The van der Waals surface area contributed by atoms with Crippen molar-refractivity contribution in [3.63, 3.8) is 0 Å². The summed E-state index contributed by atoms with van der Waals surface area (Å²) in [6, 6.07) is 16.3. The standard InChI is InChI=1S/C17H16INO/c18-16-7-5-15(6-8-16)17(20)19-11-9-13-3-1-2-4-14(13)10-12-19/h1-8H,9-12H2. The predicted octanol–water partition coefficient (Wildman–Crippen LogP) is 3.53. The summed E-state index contributed by atoms with van der Waals surface area (Å²) in [6.07, 6.45) is 1.90. The van der Waals surface area contributed by atoms with Crippen molar-refractivity contribution < 1.29 is 4.79 Å². The number of nitrogens with zero attached hydrogens (tertiary/aromatic N) is 1. The van der Waals surface area contributed by atoms with E-state index in [0.717, 1.165) is 35.1 Å². The molecule has 1 amide bonds. The lowest BCUT2D eigenvalue weighted by atomic mass is 10.0. The van der Waals surface area contributed by atoms with Gasteiger partial charge in [0.25, 0.3) is 5.91 Å². The van der Waals surface area contributed by atoms with Gasteiger partial charge in [0, 0.05) is 22.2 Å². The molecule has 0 radical (unpaired) electrons. The van der Waals surface area contributed by atoms with Gasteiger partial charge in [0.15, 0.2) is 0 Å². The average Bonchev–Trinajstić information content (AvgIpc) is 2.70. The maximum Gasteiger partial charge on any atom is 0.253 e. The fourth-order valence-electron chi connectivity index (χ4n) is 2.65. The highest BCUT2D eigenvalue weighted by atomic mass is 127. The molecule has 2 aromatic rings. The molecular weight excluding hydrogens is 361 g/mol. The third kappa shape index (κ3) is 2.87. The summed E-state index contributed by atoms with van der Waals surface area (Å²) in [5.41, 5.74) is 3.55. The summed E-state index contributed by atoms with van der Waals surface area (Å²) >= 11 is 2.26. The lowest BCUT2D eigenvalue weighted by molar-refractivity contribution is 0.0763. The Labute approximate surface area is 132 Å². The highest BCUT2D eigenvalue weighted by Gasteiger charge is 2.19. The molecule has 3 heteroatoms. The Bertz CT molecular complexity index is 594. The number of rotatable bonds is 1. The second-order valence-electron chi connectivity index (χ2n) is 5.07. The van der Waals surface area contributed by atoms with E-state index < -0.39 is 0 Å². The van der Waals surface area contributed by atoms with Crippen LogP contribution in [-0.2, 0) is 12.8 Å². The number of amides is 1.